The molecule has 0 aliphatic carbocycles. The third-order valence-electron chi connectivity index (χ3n) is 4.02. The fourth-order valence-corrected chi connectivity index (χ4v) is 4.95. The van der Waals surface area contributed by atoms with Gasteiger partial charge in [-0.3, -0.25) is 0 Å². The van der Waals surface area contributed by atoms with E-state index in [0.717, 1.165) is 0 Å². The lowest BCUT2D eigenvalue weighted by molar-refractivity contribution is 0.188. The van der Waals surface area contributed by atoms with E-state index in [-0.39, 0.29) is 29.3 Å². The maximum atomic E-state index is 13.1. The van der Waals surface area contributed by atoms with Gasteiger partial charge >= 0.3 is 0 Å². The molecule has 1 fully saturated rings. The largest absolute Gasteiger partial charge is 0.392 e. The van der Waals surface area contributed by atoms with Crippen LogP contribution >= 0.6 is 0 Å². The second-order valence-electron chi connectivity index (χ2n) is 5.68. The molecular weight excluding hydrogens is 323 g/mol. The summed E-state index contributed by atoms with van der Waals surface area (Å²) in [6.45, 7) is 3.07. The number of aromatic nitrogens is 1. The fourth-order valence-electron chi connectivity index (χ4n) is 3.00. The van der Waals surface area contributed by atoms with Crippen LogP contribution in [0.25, 0.3) is 0 Å². The van der Waals surface area contributed by atoms with Gasteiger partial charge in [-0.05, 0) is 38.0 Å². The molecule has 1 aliphatic rings. The van der Waals surface area contributed by atoms with Crippen LogP contribution in [0.1, 0.15) is 29.5 Å². The van der Waals surface area contributed by atoms with Gasteiger partial charge in [0.05, 0.1) is 12.1 Å². The Morgan fingerprint density at radius 2 is 1.96 bits per heavy atom. The first-order chi connectivity index (χ1) is 10.8. The van der Waals surface area contributed by atoms with E-state index in [1.165, 1.54) is 35.5 Å². The van der Waals surface area contributed by atoms with Crippen LogP contribution in [0.3, 0.4) is 0 Å². The molecule has 2 aromatic rings. The summed E-state index contributed by atoms with van der Waals surface area (Å²) < 4.78 is 45.2. The highest BCUT2D eigenvalue weighted by Gasteiger charge is 2.42. The first-order valence-corrected chi connectivity index (χ1v) is 8.63. The van der Waals surface area contributed by atoms with E-state index in [1.54, 1.807) is 6.92 Å². The van der Waals surface area contributed by atoms with Crippen LogP contribution in [0.5, 0.6) is 0 Å². The standard InChI is InChI=1S/C15H17FN2O4S/c1-9-15(10(2)22-17-9)23(20,21)18-8-13(19)7-14(18)11-3-5-12(16)6-4-11/h3-6,13-14,19H,7-8H2,1-2H3. The Labute approximate surface area is 133 Å². The summed E-state index contributed by atoms with van der Waals surface area (Å²) in [6, 6.07) is 5.08. The van der Waals surface area contributed by atoms with Crippen LogP contribution in [-0.2, 0) is 10.0 Å². The molecule has 2 unspecified atom stereocenters. The molecule has 3 rings (SSSR count). The summed E-state index contributed by atoms with van der Waals surface area (Å²) in [5, 5.41) is 13.7. The van der Waals surface area contributed by atoms with Gasteiger partial charge < -0.3 is 9.63 Å². The third kappa shape index (κ3) is 2.77. The number of aliphatic hydroxyl groups is 1. The Balaban J connectivity index is 2.04. The number of aryl methyl sites for hydroxylation is 2. The van der Waals surface area contributed by atoms with Crippen molar-refractivity contribution in [2.75, 3.05) is 6.54 Å². The quantitative estimate of drug-likeness (QED) is 0.923. The zero-order valence-corrected chi connectivity index (χ0v) is 13.5. The van der Waals surface area contributed by atoms with Crippen molar-refractivity contribution in [3.8, 4) is 0 Å². The van der Waals surface area contributed by atoms with Crippen LogP contribution in [0.15, 0.2) is 33.7 Å². The first kappa shape index (κ1) is 16.1. The normalized spacial score (nSPS) is 22.6. The van der Waals surface area contributed by atoms with Gasteiger partial charge in [-0.15, -0.1) is 0 Å². The van der Waals surface area contributed by atoms with Crippen molar-refractivity contribution in [3.05, 3.63) is 47.1 Å². The smallest absolute Gasteiger partial charge is 0.249 e. The second-order valence-corrected chi connectivity index (χ2v) is 7.51. The molecule has 23 heavy (non-hydrogen) atoms. The number of β-amino-alcohol motifs (C(OH)–C–C–N with tert-alkyl or cyclic N) is 1. The fraction of sp³-hybridized carbons (Fsp3) is 0.400. The molecule has 2 atom stereocenters. The molecule has 0 saturated carbocycles. The highest BCUT2D eigenvalue weighted by molar-refractivity contribution is 7.89. The van der Waals surface area contributed by atoms with Crippen LogP contribution < -0.4 is 0 Å². The van der Waals surface area contributed by atoms with E-state index in [2.05, 4.69) is 5.16 Å². The molecule has 0 bridgehead atoms. The van der Waals surface area contributed by atoms with Crippen LogP contribution in [-0.4, -0.2) is 35.6 Å². The number of hydrogen-bond donors (Lipinski definition) is 1. The maximum absolute atomic E-state index is 13.1. The Bertz CT molecular complexity index is 797. The van der Waals surface area contributed by atoms with E-state index < -0.39 is 28.0 Å². The van der Waals surface area contributed by atoms with Crippen molar-refractivity contribution in [1.82, 2.24) is 9.46 Å². The van der Waals surface area contributed by atoms with Gasteiger partial charge in [0.25, 0.3) is 0 Å². The van der Waals surface area contributed by atoms with Crippen molar-refractivity contribution in [1.29, 1.82) is 0 Å². The Kier molecular flexibility index (Phi) is 3.99. The van der Waals surface area contributed by atoms with Crippen molar-refractivity contribution in [3.63, 3.8) is 0 Å². The molecule has 2 heterocycles. The molecule has 124 valence electrons. The monoisotopic (exact) mass is 340 g/mol. The highest BCUT2D eigenvalue weighted by atomic mass is 32.2. The molecule has 1 aromatic carbocycles. The molecule has 0 radical (unpaired) electrons. The molecule has 8 heteroatoms. The minimum Gasteiger partial charge on any atom is -0.392 e. The lowest BCUT2D eigenvalue weighted by Crippen LogP contribution is -2.32. The minimum absolute atomic E-state index is 0.0194. The van der Waals surface area contributed by atoms with Crippen LogP contribution in [0, 0.1) is 19.7 Å². The third-order valence-corrected chi connectivity index (χ3v) is 6.14. The Morgan fingerprint density at radius 3 is 2.52 bits per heavy atom. The topological polar surface area (TPSA) is 83.6 Å². The second kappa shape index (κ2) is 5.70. The predicted molar refractivity (Wildman–Crippen MR) is 79.6 cm³/mol. The van der Waals surface area contributed by atoms with E-state index in [1.807, 2.05) is 0 Å². The first-order valence-electron chi connectivity index (χ1n) is 7.19. The van der Waals surface area contributed by atoms with Crippen molar-refractivity contribution < 1.29 is 22.4 Å². The lowest BCUT2D eigenvalue weighted by Gasteiger charge is -2.23. The zero-order valence-electron chi connectivity index (χ0n) is 12.7. The average molecular weight is 340 g/mol. The molecule has 0 amide bonds. The molecule has 1 aromatic heterocycles. The Morgan fingerprint density at radius 1 is 1.30 bits per heavy atom. The molecule has 1 N–H and O–H groups in total. The summed E-state index contributed by atoms with van der Waals surface area (Å²) in [7, 11) is -3.87. The van der Waals surface area contributed by atoms with Crippen molar-refractivity contribution >= 4 is 10.0 Å². The van der Waals surface area contributed by atoms with E-state index >= 15 is 0 Å². The van der Waals surface area contributed by atoms with Gasteiger partial charge in [-0.1, -0.05) is 17.3 Å². The number of rotatable bonds is 3. The number of hydrogen-bond acceptors (Lipinski definition) is 5. The number of nitrogens with zero attached hydrogens (tertiary/aromatic N) is 2. The number of sulfonamides is 1. The van der Waals surface area contributed by atoms with Gasteiger partial charge in [0.1, 0.15) is 16.4 Å². The Hall–Kier alpha value is -1.77. The van der Waals surface area contributed by atoms with Crippen LogP contribution in [0.4, 0.5) is 4.39 Å². The van der Waals surface area contributed by atoms with Crippen molar-refractivity contribution in [2.45, 2.75) is 37.3 Å². The summed E-state index contributed by atoms with van der Waals surface area (Å²) in [5.74, 6) is -0.186. The van der Waals surface area contributed by atoms with Crippen LogP contribution in [0.2, 0.25) is 0 Å². The number of benzene rings is 1. The maximum Gasteiger partial charge on any atom is 0.249 e. The highest BCUT2D eigenvalue weighted by Crippen LogP contribution is 2.38. The molecular formula is C15H17FN2O4S. The number of halogens is 1. The molecule has 6 nitrogen and oxygen atoms in total. The van der Waals surface area contributed by atoms with Gasteiger partial charge in [-0.2, -0.15) is 4.31 Å². The molecule has 1 saturated heterocycles. The van der Waals surface area contributed by atoms with Gasteiger partial charge in [0.15, 0.2) is 5.76 Å². The summed E-state index contributed by atoms with van der Waals surface area (Å²) >= 11 is 0. The average Bonchev–Trinajstić information content (AvgIpc) is 3.03. The lowest BCUT2D eigenvalue weighted by atomic mass is 10.0. The predicted octanol–water partition coefficient (Wildman–Crippen LogP) is 1.93. The van der Waals surface area contributed by atoms with Gasteiger partial charge in [0.2, 0.25) is 10.0 Å². The molecule has 0 spiro atoms. The SMILES string of the molecule is Cc1noc(C)c1S(=O)(=O)N1CC(O)CC1c1ccc(F)cc1. The van der Waals surface area contributed by atoms with Crippen molar-refractivity contribution in [2.24, 2.45) is 0 Å². The summed E-state index contributed by atoms with van der Waals surface area (Å²) in [4.78, 5) is 0.0266. The summed E-state index contributed by atoms with van der Waals surface area (Å²) in [6.07, 6.45) is -0.519. The van der Waals surface area contributed by atoms with E-state index in [9.17, 15) is 17.9 Å². The number of aliphatic hydroxyl groups excluding tert-OH is 1. The van der Waals surface area contributed by atoms with Gasteiger partial charge in [0, 0.05) is 6.54 Å². The summed E-state index contributed by atoms with van der Waals surface area (Å²) in [5.41, 5.74) is 0.917. The minimum atomic E-state index is -3.87. The van der Waals surface area contributed by atoms with E-state index in [0.29, 0.717) is 5.56 Å². The van der Waals surface area contributed by atoms with Gasteiger partial charge in [-0.25, -0.2) is 12.8 Å². The zero-order chi connectivity index (χ0) is 16.8. The molecule has 1 aliphatic heterocycles. The van der Waals surface area contributed by atoms with E-state index in [4.69, 9.17) is 4.52 Å².